The van der Waals surface area contributed by atoms with Crippen molar-refractivity contribution in [1.82, 2.24) is 9.78 Å². The molecule has 21 heavy (non-hydrogen) atoms. The van der Waals surface area contributed by atoms with E-state index in [1.165, 1.54) is 18.4 Å². The molecule has 0 radical (unpaired) electrons. The number of carbonyl (C=O) groups excluding carboxylic acids is 1. The molecule has 1 aromatic carbocycles. The minimum absolute atomic E-state index is 0.0666. The molecule has 1 amide bonds. The molecule has 1 N–H and O–H groups in total. The van der Waals surface area contributed by atoms with Crippen molar-refractivity contribution < 1.29 is 4.79 Å². The fourth-order valence-electron chi connectivity index (χ4n) is 2.41. The van der Waals surface area contributed by atoms with E-state index in [0.717, 1.165) is 31.0 Å². The highest BCUT2D eigenvalue weighted by molar-refractivity contribution is 5.90. The molecule has 0 saturated heterocycles. The number of rotatable bonds is 7. The Morgan fingerprint density at radius 2 is 2.10 bits per heavy atom. The number of hydrogen-bond acceptors (Lipinski definition) is 2. The van der Waals surface area contributed by atoms with E-state index in [2.05, 4.69) is 22.5 Å². The lowest BCUT2D eigenvalue weighted by molar-refractivity contribution is -0.116. The summed E-state index contributed by atoms with van der Waals surface area (Å²) < 4.78 is 1.93. The minimum Gasteiger partial charge on any atom is -0.323 e. The predicted molar refractivity (Wildman–Crippen MR) is 83.0 cm³/mol. The average molecular weight is 283 g/mol. The molecule has 0 unspecified atom stereocenters. The fraction of sp³-hybridized carbons (Fsp3) is 0.412. The molecule has 2 aromatic rings. The van der Waals surface area contributed by atoms with Crippen LogP contribution in [0.3, 0.4) is 0 Å². The molecular weight excluding hydrogens is 262 g/mol. The zero-order valence-corrected chi connectivity index (χ0v) is 12.2. The van der Waals surface area contributed by atoms with Gasteiger partial charge in [-0.2, -0.15) is 5.10 Å². The zero-order chi connectivity index (χ0) is 14.5. The number of aromatic nitrogens is 2. The summed E-state index contributed by atoms with van der Waals surface area (Å²) in [7, 11) is 0. The third-order valence-corrected chi connectivity index (χ3v) is 3.77. The van der Waals surface area contributed by atoms with Gasteiger partial charge in [0.1, 0.15) is 0 Å². The summed E-state index contributed by atoms with van der Waals surface area (Å²) in [6.45, 7) is 0.976. The number of carbonyl (C=O) groups is 1. The maximum Gasteiger partial charge on any atom is 0.224 e. The van der Waals surface area contributed by atoms with Gasteiger partial charge in [0.25, 0.3) is 0 Å². The van der Waals surface area contributed by atoms with Crippen LogP contribution in [-0.4, -0.2) is 15.7 Å². The Labute approximate surface area is 125 Å². The summed E-state index contributed by atoms with van der Waals surface area (Å²) in [4.78, 5) is 11.9. The van der Waals surface area contributed by atoms with E-state index in [1.807, 2.05) is 29.1 Å². The third kappa shape index (κ3) is 4.45. The van der Waals surface area contributed by atoms with Gasteiger partial charge in [-0.05, 0) is 37.2 Å². The highest BCUT2D eigenvalue weighted by Crippen LogP contribution is 2.30. The van der Waals surface area contributed by atoms with Crippen molar-refractivity contribution in [2.45, 2.75) is 38.6 Å². The summed E-state index contributed by atoms with van der Waals surface area (Å²) in [5.41, 5.74) is 2.09. The van der Waals surface area contributed by atoms with Gasteiger partial charge in [-0.15, -0.1) is 0 Å². The predicted octanol–water partition coefficient (Wildman–Crippen LogP) is 3.25. The van der Waals surface area contributed by atoms with Gasteiger partial charge in [-0.3, -0.25) is 9.48 Å². The quantitative estimate of drug-likeness (QED) is 0.848. The lowest BCUT2D eigenvalue weighted by Crippen LogP contribution is -2.11. The molecule has 110 valence electrons. The number of aryl methyl sites for hydroxylation is 1. The van der Waals surface area contributed by atoms with Crippen LogP contribution < -0.4 is 5.32 Å². The smallest absolute Gasteiger partial charge is 0.224 e. The van der Waals surface area contributed by atoms with Crippen molar-refractivity contribution in [1.29, 1.82) is 0 Å². The summed E-state index contributed by atoms with van der Waals surface area (Å²) in [6, 6.07) is 10.3. The average Bonchev–Trinajstić information content (AvgIpc) is 3.19. The van der Waals surface area contributed by atoms with Crippen LogP contribution in [0.2, 0.25) is 0 Å². The standard InChI is InChI=1S/C17H21N3O/c21-17(8-4-7-14-5-2-1-3-6-14)19-16-11-18-20(13-16)12-15-9-10-15/h1-3,5-6,11,13,15H,4,7-10,12H2,(H,19,21). The van der Waals surface area contributed by atoms with Gasteiger partial charge in [0.2, 0.25) is 5.91 Å². The molecule has 4 nitrogen and oxygen atoms in total. The maximum absolute atomic E-state index is 11.9. The van der Waals surface area contributed by atoms with E-state index < -0.39 is 0 Å². The number of nitrogens with zero attached hydrogens (tertiary/aromatic N) is 2. The first-order chi connectivity index (χ1) is 10.3. The van der Waals surface area contributed by atoms with Crippen LogP contribution in [0.25, 0.3) is 0 Å². The Morgan fingerprint density at radius 1 is 1.29 bits per heavy atom. The minimum atomic E-state index is 0.0666. The van der Waals surface area contributed by atoms with Crippen LogP contribution in [0.1, 0.15) is 31.2 Å². The first-order valence-electron chi connectivity index (χ1n) is 7.66. The van der Waals surface area contributed by atoms with E-state index in [0.29, 0.717) is 6.42 Å². The number of anilines is 1. The fourth-order valence-corrected chi connectivity index (χ4v) is 2.41. The number of benzene rings is 1. The maximum atomic E-state index is 11.9. The second kappa shape index (κ2) is 6.57. The molecule has 0 aliphatic heterocycles. The lowest BCUT2D eigenvalue weighted by Gasteiger charge is -2.03. The molecule has 4 heteroatoms. The van der Waals surface area contributed by atoms with E-state index in [-0.39, 0.29) is 5.91 Å². The molecule has 1 aliphatic rings. The SMILES string of the molecule is O=C(CCCc1ccccc1)Nc1cnn(CC2CC2)c1. The Morgan fingerprint density at radius 3 is 2.86 bits per heavy atom. The Hall–Kier alpha value is -2.10. The zero-order valence-electron chi connectivity index (χ0n) is 12.2. The normalized spacial score (nSPS) is 14.1. The third-order valence-electron chi connectivity index (χ3n) is 3.77. The molecule has 1 heterocycles. The Balaban J connectivity index is 1.40. The van der Waals surface area contributed by atoms with E-state index in [4.69, 9.17) is 0 Å². The summed E-state index contributed by atoms with van der Waals surface area (Å²) >= 11 is 0. The second-order valence-electron chi connectivity index (χ2n) is 5.78. The molecule has 0 spiro atoms. The largest absolute Gasteiger partial charge is 0.323 e. The molecular formula is C17H21N3O. The van der Waals surface area contributed by atoms with Gasteiger partial charge in [0.15, 0.2) is 0 Å². The Bertz CT molecular complexity index is 587. The molecule has 3 rings (SSSR count). The van der Waals surface area contributed by atoms with Crippen LogP contribution in [-0.2, 0) is 17.8 Å². The van der Waals surface area contributed by atoms with Gasteiger partial charge in [0, 0.05) is 19.2 Å². The van der Waals surface area contributed by atoms with Crippen molar-refractivity contribution in [2.24, 2.45) is 5.92 Å². The summed E-state index contributed by atoms with van der Waals surface area (Å²) in [5.74, 6) is 0.858. The highest BCUT2D eigenvalue weighted by Gasteiger charge is 2.22. The van der Waals surface area contributed by atoms with Crippen molar-refractivity contribution in [3.63, 3.8) is 0 Å². The molecule has 1 saturated carbocycles. The summed E-state index contributed by atoms with van der Waals surface area (Å²) in [6.07, 6.45) is 8.62. The first kappa shape index (κ1) is 13.9. The Kier molecular flexibility index (Phi) is 4.34. The molecule has 0 bridgehead atoms. The highest BCUT2D eigenvalue weighted by atomic mass is 16.1. The topological polar surface area (TPSA) is 46.9 Å². The van der Waals surface area contributed by atoms with Gasteiger partial charge >= 0.3 is 0 Å². The van der Waals surface area contributed by atoms with Crippen molar-refractivity contribution >= 4 is 11.6 Å². The number of amides is 1. The van der Waals surface area contributed by atoms with Gasteiger partial charge < -0.3 is 5.32 Å². The van der Waals surface area contributed by atoms with Crippen LogP contribution in [0, 0.1) is 5.92 Å². The lowest BCUT2D eigenvalue weighted by atomic mass is 10.1. The van der Waals surface area contributed by atoms with Gasteiger partial charge in [-0.1, -0.05) is 30.3 Å². The van der Waals surface area contributed by atoms with Crippen LogP contribution in [0.4, 0.5) is 5.69 Å². The van der Waals surface area contributed by atoms with Crippen LogP contribution in [0.5, 0.6) is 0 Å². The van der Waals surface area contributed by atoms with Crippen molar-refractivity contribution in [3.8, 4) is 0 Å². The summed E-state index contributed by atoms with van der Waals surface area (Å²) in [5, 5.41) is 7.20. The molecule has 1 fully saturated rings. The second-order valence-corrected chi connectivity index (χ2v) is 5.78. The molecule has 1 aliphatic carbocycles. The van der Waals surface area contributed by atoms with Gasteiger partial charge in [-0.25, -0.2) is 0 Å². The number of hydrogen-bond donors (Lipinski definition) is 1. The molecule has 0 atom stereocenters. The van der Waals surface area contributed by atoms with E-state index in [9.17, 15) is 4.79 Å². The van der Waals surface area contributed by atoms with E-state index >= 15 is 0 Å². The van der Waals surface area contributed by atoms with Gasteiger partial charge in [0.05, 0.1) is 11.9 Å². The van der Waals surface area contributed by atoms with Crippen molar-refractivity contribution in [3.05, 3.63) is 48.3 Å². The van der Waals surface area contributed by atoms with Crippen molar-refractivity contribution in [2.75, 3.05) is 5.32 Å². The van der Waals surface area contributed by atoms with Crippen LogP contribution in [0.15, 0.2) is 42.7 Å². The monoisotopic (exact) mass is 283 g/mol. The number of nitrogens with one attached hydrogen (secondary N) is 1. The van der Waals surface area contributed by atoms with E-state index in [1.54, 1.807) is 6.20 Å². The molecule has 1 aromatic heterocycles. The van der Waals surface area contributed by atoms with Crippen LogP contribution >= 0.6 is 0 Å². The first-order valence-corrected chi connectivity index (χ1v) is 7.66.